The summed E-state index contributed by atoms with van der Waals surface area (Å²) in [6.07, 6.45) is 4.00. The Bertz CT molecular complexity index is 1320. The number of nitrogens with one attached hydrogen (secondary N) is 1. The first-order chi connectivity index (χ1) is 15.0. The van der Waals surface area contributed by atoms with Crippen LogP contribution < -0.4 is 11.1 Å². The highest BCUT2D eigenvalue weighted by Crippen LogP contribution is 2.42. The molecule has 0 spiro atoms. The van der Waals surface area contributed by atoms with Gasteiger partial charge in [0.2, 0.25) is 0 Å². The number of nitrogens with zero attached hydrogens (tertiary/aromatic N) is 1. The highest BCUT2D eigenvalue weighted by Gasteiger charge is 2.25. The van der Waals surface area contributed by atoms with Gasteiger partial charge >= 0.3 is 0 Å². The van der Waals surface area contributed by atoms with Crippen LogP contribution in [0.5, 0.6) is 0 Å². The minimum atomic E-state index is -0.412. The minimum Gasteiger partial charge on any atom is -0.397 e. The number of rotatable bonds is 3. The summed E-state index contributed by atoms with van der Waals surface area (Å²) in [5.41, 5.74) is 11.6. The SMILES string of the molecule is Nc1c(C(=O)Nc2cccc(F)c2)sc2nc(-c3ccc(Cl)cc3)c3c(c12)CCCC3. The first kappa shape index (κ1) is 20.0. The Kier molecular flexibility index (Phi) is 5.12. The van der Waals surface area contributed by atoms with Gasteiger partial charge in [0.15, 0.2) is 0 Å². The molecule has 4 nitrogen and oxygen atoms in total. The molecule has 4 aromatic rings. The zero-order valence-corrected chi connectivity index (χ0v) is 18.1. The van der Waals surface area contributed by atoms with Crippen molar-refractivity contribution < 1.29 is 9.18 Å². The van der Waals surface area contributed by atoms with Crippen molar-refractivity contribution in [3.63, 3.8) is 0 Å². The van der Waals surface area contributed by atoms with E-state index in [1.807, 2.05) is 24.3 Å². The molecule has 0 unspecified atom stereocenters. The maximum atomic E-state index is 13.5. The van der Waals surface area contributed by atoms with Crippen molar-refractivity contribution in [3.05, 3.63) is 75.4 Å². The monoisotopic (exact) mass is 451 g/mol. The number of amides is 1. The fourth-order valence-corrected chi connectivity index (χ4v) is 5.33. The summed E-state index contributed by atoms with van der Waals surface area (Å²) in [5.74, 6) is -0.769. The van der Waals surface area contributed by atoms with Crippen LogP contribution in [0.15, 0.2) is 48.5 Å². The van der Waals surface area contributed by atoms with E-state index in [9.17, 15) is 9.18 Å². The number of aromatic nitrogens is 1. The van der Waals surface area contributed by atoms with E-state index < -0.39 is 5.82 Å². The molecule has 1 aliphatic carbocycles. The van der Waals surface area contributed by atoms with Crippen LogP contribution in [0.1, 0.15) is 33.6 Å². The third-order valence-corrected chi connectivity index (χ3v) is 6.95. The Labute approximate surface area is 187 Å². The van der Waals surface area contributed by atoms with Gasteiger partial charge in [-0.25, -0.2) is 9.37 Å². The maximum Gasteiger partial charge on any atom is 0.267 e. The van der Waals surface area contributed by atoms with E-state index in [-0.39, 0.29) is 5.91 Å². The number of pyridine rings is 1. The van der Waals surface area contributed by atoms with Crippen molar-refractivity contribution >= 4 is 50.4 Å². The minimum absolute atomic E-state index is 0.358. The fourth-order valence-electron chi connectivity index (χ4n) is 4.18. The largest absolute Gasteiger partial charge is 0.397 e. The number of carbonyl (C=O) groups is 1. The van der Waals surface area contributed by atoms with Crippen molar-refractivity contribution in [1.82, 2.24) is 4.98 Å². The van der Waals surface area contributed by atoms with Crippen molar-refractivity contribution in [2.75, 3.05) is 11.1 Å². The maximum absolute atomic E-state index is 13.5. The van der Waals surface area contributed by atoms with Gasteiger partial charge in [0, 0.05) is 21.7 Å². The zero-order chi connectivity index (χ0) is 21.5. The lowest BCUT2D eigenvalue weighted by Crippen LogP contribution is -2.12. The lowest BCUT2D eigenvalue weighted by atomic mass is 9.87. The van der Waals surface area contributed by atoms with Crippen LogP contribution in [0.3, 0.4) is 0 Å². The van der Waals surface area contributed by atoms with Crippen LogP contribution >= 0.6 is 22.9 Å². The number of thiophene rings is 1. The zero-order valence-electron chi connectivity index (χ0n) is 16.5. The van der Waals surface area contributed by atoms with Crippen LogP contribution in [0.25, 0.3) is 21.5 Å². The molecule has 0 atom stereocenters. The van der Waals surface area contributed by atoms with Crippen LogP contribution in [-0.2, 0) is 12.8 Å². The number of hydrogen-bond donors (Lipinski definition) is 2. The summed E-state index contributed by atoms with van der Waals surface area (Å²) < 4.78 is 13.5. The predicted octanol–water partition coefficient (Wildman–Crippen LogP) is 6.47. The topological polar surface area (TPSA) is 68.0 Å². The molecule has 0 saturated carbocycles. The number of aryl methyl sites for hydroxylation is 1. The molecule has 1 aliphatic rings. The van der Waals surface area contributed by atoms with Gasteiger partial charge in [-0.2, -0.15) is 0 Å². The molecule has 0 aliphatic heterocycles. The number of fused-ring (bicyclic) bond motifs is 3. The third-order valence-electron chi connectivity index (χ3n) is 5.60. The lowest BCUT2D eigenvalue weighted by Gasteiger charge is -2.20. The molecule has 0 radical (unpaired) electrons. The van der Waals surface area contributed by atoms with Crippen molar-refractivity contribution in [3.8, 4) is 11.3 Å². The first-order valence-electron chi connectivity index (χ1n) is 10.1. The van der Waals surface area contributed by atoms with Crippen LogP contribution in [0.2, 0.25) is 5.02 Å². The molecule has 2 aromatic carbocycles. The smallest absolute Gasteiger partial charge is 0.267 e. The molecule has 156 valence electrons. The third kappa shape index (κ3) is 3.66. The van der Waals surface area contributed by atoms with Gasteiger partial charge in [0.05, 0.1) is 11.4 Å². The number of nitrogens with two attached hydrogens (primary N) is 1. The second-order valence-corrected chi connectivity index (χ2v) is 9.06. The molecule has 3 N–H and O–H groups in total. The average molecular weight is 452 g/mol. The second-order valence-electron chi connectivity index (χ2n) is 7.62. The van der Waals surface area contributed by atoms with E-state index in [2.05, 4.69) is 5.32 Å². The number of anilines is 2. The van der Waals surface area contributed by atoms with Gasteiger partial charge in [-0.1, -0.05) is 29.8 Å². The Morgan fingerprint density at radius 2 is 1.84 bits per heavy atom. The predicted molar refractivity (Wildman–Crippen MR) is 125 cm³/mol. The molecule has 5 rings (SSSR count). The number of carbonyl (C=O) groups excluding carboxylic acids is 1. The highest BCUT2D eigenvalue weighted by atomic mass is 35.5. The van der Waals surface area contributed by atoms with Gasteiger partial charge in [0.25, 0.3) is 5.91 Å². The lowest BCUT2D eigenvalue weighted by molar-refractivity contribution is 0.103. The van der Waals surface area contributed by atoms with E-state index in [0.29, 0.717) is 21.3 Å². The number of halogens is 2. The Balaban J connectivity index is 1.63. The molecule has 0 fully saturated rings. The molecule has 2 aromatic heterocycles. The van der Waals surface area contributed by atoms with Gasteiger partial charge in [-0.05, 0) is 67.1 Å². The van der Waals surface area contributed by atoms with E-state index >= 15 is 0 Å². The quantitative estimate of drug-likeness (QED) is 0.375. The van der Waals surface area contributed by atoms with Crippen molar-refractivity contribution in [1.29, 1.82) is 0 Å². The van der Waals surface area contributed by atoms with Crippen LogP contribution in [0, 0.1) is 5.82 Å². The molecular weight excluding hydrogens is 433 g/mol. The Morgan fingerprint density at radius 3 is 2.58 bits per heavy atom. The summed E-state index contributed by atoms with van der Waals surface area (Å²) in [6.45, 7) is 0. The summed E-state index contributed by atoms with van der Waals surface area (Å²) in [5, 5.41) is 4.30. The second kappa shape index (κ2) is 7.94. The van der Waals surface area contributed by atoms with Crippen molar-refractivity contribution in [2.24, 2.45) is 0 Å². The molecular formula is C24H19ClFN3OS. The van der Waals surface area contributed by atoms with Crippen molar-refractivity contribution in [2.45, 2.75) is 25.7 Å². The van der Waals surface area contributed by atoms with E-state index in [0.717, 1.165) is 47.2 Å². The van der Waals surface area contributed by atoms with Gasteiger partial charge in [-0.15, -0.1) is 11.3 Å². The molecule has 31 heavy (non-hydrogen) atoms. The number of hydrogen-bond acceptors (Lipinski definition) is 4. The summed E-state index contributed by atoms with van der Waals surface area (Å²) in [6, 6.07) is 13.5. The summed E-state index contributed by atoms with van der Waals surface area (Å²) in [4.78, 5) is 19.0. The van der Waals surface area contributed by atoms with Gasteiger partial charge in [0.1, 0.15) is 15.5 Å². The normalized spacial score (nSPS) is 13.2. The summed E-state index contributed by atoms with van der Waals surface area (Å²) >= 11 is 7.34. The summed E-state index contributed by atoms with van der Waals surface area (Å²) in [7, 11) is 0. The van der Waals surface area contributed by atoms with E-state index in [1.165, 1.54) is 34.6 Å². The Morgan fingerprint density at radius 1 is 1.10 bits per heavy atom. The van der Waals surface area contributed by atoms with E-state index in [4.69, 9.17) is 22.3 Å². The van der Waals surface area contributed by atoms with E-state index in [1.54, 1.807) is 12.1 Å². The fraction of sp³-hybridized carbons (Fsp3) is 0.167. The number of benzene rings is 2. The highest BCUT2D eigenvalue weighted by molar-refractivity contribution is 7.21. The number of nitrogen functional groups attached to an aromatic ring is 1. The average Bonchev–Trinajstić information content (AvgIpc) is 3.10. The first-order valence-corrected chi connectivity index (χ1v) is 11.3. The van der Waals surface area contributed by atoms with Crippen LogP contribution in [-0.4, -0.2) is 10.9 Å². The van der Waals surface area contributed by atoms with Gasteiger partial charge < -0.3 is 11.1 Å². The molecule has 0 saturated heterocycles. The Hall–Kier alpha value is -2.96. The molecule has 7 heteroatoms. The standard InChI is InChI=1S/C24H19ClFN3OS/c25-14-10-8-13(9-11-14)21-18-7-2-1-6-17(18)19-20(27)22(31-24(19)29-21)23(30)28-16-5-3-4-15(26)12-16/h3-5,8-12H,1-2,6-7,27H2,(H,28,30). The molecule has 0 bridgehead atoms. The van der Waals surface area contributed by atoms with Gasteiger partial charge in [-0.3, -0.25) is 4.79 Å². The molecule has 1 amide bonds. The van der Waals surface area contributed by atoms with Crippen LogP contribution in [0.4, 0.5) is 15.8 Å². The molecule has 2 heterocycles.